The summed E-state index contributed by atoms with van der Waals surface area (Å²) in [5.74, 6) is 0. The molecule has 11 heavy (non-hydrogen) atoms. The quantitative estimate of drug-likeness (QED) is 0.601. The third-order valence-corrected chi connectivity index (χ3v) is 1.29. The van der Waals surface area contributed by atoms with E-state index in [-0.39, 0.29) is 6.29 Å². The van der Waals surface area contributed by atoms with Crippen molar-refractivity contribution < 1.29 is 14.6 Å². The zero-order valence-electron chi connectivity index (χ0n) is 7.54. The smallest absolute Gasteiger partial charge is 0.157 e. The van der Waals surface area contributed by atoms with Crippen LogP contribution in [0.25, 0.3) is 0 Å². The van der Waals surface area contributed by atoms with E-state index in [1.807, 2.05) is 13.8 Å². The molecule has 0 bridgehead atoms. The zero-order chi connectivity index (χ0) is 8.69. The molecule has 0 saturated heterocycles. The van der Waals surface area contributed by atoms with E-state index in [9.17, 15) is 0 Å². The average molecular weight is 162 g/mol. The van der Waals surface area contributed by atoms with Crippen LogP contribution in [0.15, 0.2) is 0 Å². The summed E-state index contributed by atoms with van der Waals surface area (Å²) in [6.07, 6.45) is 0.598. The lowest BCUT2D eigenvalue weighted by atomic mass is 10.3. The maximum Gasteiger partial charge on any atom is 0.157 e. The molecule has 0 aromatic carbocycles. The fourth-order valence-corrected chi connectivity index (χ4v) is 0.810. The van der Waals surface area contributed by atoms with Gasteiger partial charge in [-0.2, -0.15) is 0 Å². The molecule has 0 aliphatic heterocycles. The Bertz CT molecular complexity index is 75.4. The van der Waals surface area contributed by atoms with Crippen molar-refractivity contribution in [1.29, 1.82) is 0 Å². The summed E-state index contributed by atoms with van der Waals surface area (Å²) >= 11 is 0. The van der Waals surface area contributed by atoms with Gasteiger partial charge in [-0.25, -0.2) is 0 Å². The maximum absolute atomic E-state index is 9.14. The fourth-order valence-electron chi connectivity index (χ4n) is 0.810. The van der Waals surface area contributed by atoms with Gasteiger partial charge < -0.3 is 14.6 Å². The molecule has 0 rings (SSSR count). The van der Waals surface area contributed by atoms with Gasteiger partial charge in [0.05, 0.1) is 0 Å². The van der Waals surface area contributed by atoms with Crippen LogP contribution in [0.3, 0.4) is 0 Å². The van der Waals surface area contributed by atoms with Crippen molar-refractivity contribution in [2.75, 3.05) is 6.61 Å². The highest BCUT2D eigenvalue weighted by Gasteiger charge is 2.07. The normalized spacial score (nSPS) is 16.4. The van der Waals surface area contributed by atoms with Gasteiger partial charge in [0.1, 0.15) is 0 Å². The summed E-state index contributed by atoms with van der Waals surface area (Å²) in [4.78, 5) is 0. The minimum Gasteiger partial charge on any atom is -0.368 e. The van der Waals surface area contributed by atoms with Crippen LogP contribution in [0.1, 0.15) is 33.6 Å². The molecule has 0 spiro atoms. The van der Waals surface area contributed by atoms with Crippen molar-refractivity contribution in [1.82, 2.24) is 0 Å². The minimum absolute atomic E-state index is 0.304. The van der Waals surface area contributed by atoms with E-state index in [4.69, 9.17) is 14.6 Å². The summed E-state index contributed by atoms with van der Waals surface area (Å²) in [5.41, 5.74) is 0. The Balaban J connectivity index is 3.32. The third-order valence-electron chi connectivity index (χ3n) is 1.29. The van der Waals surface area contributed by atoms with Crippen LogP contribution >= 0.6 is 0 Å². The first-order valence-electron chi connectivity index (χ1n) is 4.15. The Kier molecular flexibility index (Phi) is 6.51. The maximum atomic E-state index is 9.14. The van der Waals surface area contributed by atoms with Crippen LogP contribution in [0, 0.1) is 0 Å². The molecule has 3 heteroatoms. The van der Waals surface area contributed by atoms with E-state index in [1.54, 1.807) is 6.92 Å². The van der Waals surface area contributed by atoms with Crippen LogP contribution in [0.2, 0.25) is 0 Å². The van der Waals surface area contributed by atoms with E-state index in [0.29, 0.717) is 13.0 Å². The molecule has 2 atom stereocenters. The predicted molar refractivity (Wildman–Crippen MR) is 43.1 cm³/mol. The van der Waals surface area contributed by atoms with E-state index in [1.165, 1.54) is 0 Å². The first-order chi connectivity index (χ1) is 5.20. The third kappa shape index (κ3) is 6.28. The Morgan fingerprint density at radius 2 is 2.00 bits per heavy atom. The molecular formula is C8H18O3. The molecule has 0 saturated carbocycles. The molecule has 0 amide bonds. The SMILES string of the molecule is CCCC(O)OC(C)OCC. The molecule has 68 valence electrons. The van der Waals surface area contributed by atoms with Gasteiger partial charge >= 0.3 is 0 Å². The van der Waals surface area contributed by atoms with E-state index in [0.717, 1.165) is 6.42 Å². The van der Waals surface area contributed by atoms with E-state index >= 15 is 0 Å². The first kappa shape index (κ1) is 10.9. The van der Waals surface area contributed by atoms with Crippen LogP contribution in [0.4, 0.5) is 0 Å². The lowest BCUT2D eigenvalue weighted by Gasteiger charge is -2.16. The Morgan fingerprint density at radius 3 is 2.45 bits per heavy atom. The van der Waals surface area contributed by atoms with Crippen LogP contribution in [-0.2, 0) is 9.47 Å². The van der Waals surface area contributed by atoms with Gasteiger partial charge in [-0.3, -0.25) is 0 Å². The average Bonchev–Trinajstić information content (AvgIpc) is 1.87. The van der Waals surface area contributed by atoms with Gasteiger partial charge in [0.2, 0.25) is 0 Å². The lowest BCUT2D eigenvalue weighted by molar-refractivity contribution is -0.220. The zero-order valence-corrected chi connectivity index (χ0v) is 7.54. The van der Waals surface area contributed by atoms with Gasteiger partial charge in [0.25, 0.3) is 0 Å². The summed E-state index contributed by atoms with van der Waals surface area (Å²) in [6, 6.07) is 0. The molecule has 0 aromatic heterocycles. The molecule has 1 N–H and O–H groups in total. The largest absolute Gasteiger partial charge is 0.368 e. The molecule has 0 fully saturated rings. The molecule has 3 nitrogen and oxygen atoms in total. The van der Waals surface area contributed by atoms with Crippen LogP contribution < -0.4 is 0 Å². The van der Waals surface area contributed by atoms with Crippen molar-refractivity contribution in [3.8, 4) is 0 Å². The molecule has 0 aromatic rings. The first-order valence-corrected chi connectivity index (χ1v) is 4.15. The van der Waals surface area contributed by atoms with Crippen molar-refractivity contribution in [2.45, 2.75) is 46.2 Å². The van der Waals surface area contributed by atoms with E-state index in [2.05, 4.69) is 0 Å². The number of hydrogen-bond donors (Lipinski definition) is 1. The Labute approximate surface area is 68.3 Å². The standard InChI is InChI=1S/C8H18O3/c1-4-6-8(9)11-7(3)10-5-2/h7-9H,4-6H2,1-3H3. The monoisotopic (exact) mass is 162 g/mol. The molecule has 0 radical (unpaired) electrons. The molecule has 0 aliphatic rings. The van der Waals surface area contributed by atoms with Crippen LogP contribution in [0.5, 0.6) is 0 Å². The molecule has 0 aliphatic carbocycles. The van der Waals surface area contributed by atoms with Gasteiger partial charge in [0, 0.05) is 6.61 Å². The highest BCUT2D eigenvalue weighted by Crippen LogP contribution is 2.02. The molecule has 0 heterocycles. The van der Waals surface area contributed by atoms with Gasteiger partial charge in [-0.05, 0) is 20.3 Å². The number of rotatable bonds is 6. The summed E-state index contributed by atoms with van der Waals surface area (Å²) < 4.78 is 10.1. The number of hydrogen-bond acceptors (Lipinski definition) is 3. The van der Waals surface area contributed by atoms with Crippen LogP contribution in [-0.4, -0.2) is 24.3 Å². The van der Waals surface area contributed by atoms with E-state index < -0.39 is 6.29 Å². The second-order valence-electron chi connectivity index (χ2n) is 2.40. The topological polar surface area (TPSA) is 38.7 Å². The number of aliphatic hydroxyl groups is 1. The second kappa shape index (κ2) is 6.58. The summed E-state index contributed by atoms with van der Waals surface area (Å²) in [7, 11) is 0. The predicted octanol–water partition coefficient (Wildman–Crippen LogP) is 1.50. The van der Waals surface area contributed by atoms with Crippen molar-refractivity contribution in [3.63, 3.8) is 0 Å². The number of aliphatic hydroxyl groups excluding tert-OH is 1. The minimum atomic E-state index is -0.679. The van der Waals surface area contributed by atoms with Crippen molar-refractivity contribution in [3.05, 3.63) is 0 Å². The molecular weight excluding hydrogens is 144 g/mol. The second-order valence-corrected chi connectivity index (χ2v) is 2.40. The fraction of sp³-hybridized carbons (Fsp3) is 1.00. The highest BCUT2D eigenvalue weighted by atomic mass is 16.7. The Morgan fingerprint density at radius 1 is 1.36 bits per heavy atom. The van der Waals surface area contributed by atoms with Gasteiger partial charge in [0.15, 0.2) is 12.6 Å². The lowest BCUT2D eigenvalue weighted by Crippen LogP contribution is -2.21. The Hall–Kier alpha value is -0.120. The highest BCUT2D eigenvalue weighted by molar-refractivity contribution is 4.40. The number of ether oxygens (including phenoxy) is 2. The van der Waals surface area contributed by atoms with Gasteiger partial charge in [-0.15, -0.1) is 0 Å². The summed E-state index contributed by atoms with van der Waals surface area (Å²) in [6.45, 7) is 6.28. The van der Waals surface area contributed by atoms with Gasteiger partial charge in [-0.1, -0.05) is 13.3 Å². The van der Waals surface area contributed by atoms with Crippen molar-refractivity contribution >= 4 is 0 Å². The summed E-state index contributed by atoms with van der Waals surface area (Å²) in [5, 5.41) is 9.14. The van der Waals surface area contributed by atoms with Crippen molar-refractivity contribution in [2.24, 2.45) is 0 Å². The molecule has 2 unspecified atom stereocenters.